The maximum absolute atomic E-state index is 5.38. The van der Waals surface area contributed by atoms with E-state index in [0.717, 1.165) is 34.2 Å². The number of hydrogen-bond acceptors (Lipinski definition) is 4. The van der Waals surface area contributed by atoms with Crippen LogP contribution in [0.5, 0.6) is 5.75 Å². The minimum Gasteiger partial charge on any atom is -0.497 e. The molecule has 0 saturated carbocycles. The lowest BCUT2D eigenvalue weighted by molar-refractivity contribution is 0.307. The number of methoxy groups -OCH3 is 2. The molecule has 0 aromatic heterocycles. The molecule has 0 spiro atoms. The molecule has 5 aromatic rings. The molecule has 0 aliphatic carbocycles. The van der Waals surface area contributed by atoms with Gasteiger partial charge in [-0.1, -0.05) is 66.7 Å². The zero-order valence-corrected chi connectivity index (χ0v) is 24.9. The van der Waals surface area contributed by atoms with E-state index < -0.39 is 0 Å². The van der Waals surface area contributed by atoms with E-state index >= 15 is 0 Å². The number of hydrogen-bond donors (Lipinski definition) is 0. The number of aryl methyl sites for hydroxylation is 1. The lowest BCUT2D eigenvalue weighted by Crippen LogP contribution is -2.11. The number of anilines is 5. The van der Waals surface area contributed by atoms with Crippen molar-refractivity contribution in [3.63, 3.8) is 0 Å². The van der Waals surface area contributed by atoms with Crippen LogP contribution in [0.15, 0.2) is 164 Å². The molecule has 0 atom stereocenters. The summed E-state index contributed by atoms with van der Waals surface area (Å²) in [7, 11) is 3.31. The van der Waals surface area contributed by atoms with Gasteiger partial charge in [-0.3, -0.25) is 0 Å². The molecular formula is C39H36N2O2. The molecule has 0 bridgehead atoms. The molecule has 4 nitrogen and oxygen atoms in total. The molecule has 0 fully saturated rings. The van der Waals surface area contributed by atoms with Gasteiger partial charge in [0.2, 0.25) is 0 Å². The van der Waals surface area contributed by atoms with Gasteiger partial charge in [0.15, 0.2) is 0 Å². The Labute approximate surface area is 255 Å². The predicted molar refractivity (Wildman–Crippen MR) is 181 cm³/mol. The molecule has 5 aromatic carbocycles. The SMILES string of the molecule is C=C/C(=C\C=C\N(c1ccc(OC)cc1)c1ccc(N(c2ccccc2)c2ccc(-c3ccc(C)cc3)cc2)cc1)OC. The van der Waals surface area contributed by atoms with E-state index in [-0.39, 0.29) is 0 Å². The van der Waals surface area contributed by atoms with Crippen molar-refractivity contribution in [2.45, 2.75) is 6.92 Å². The van der Waals surface area contributed by atoms with E-state index in [2.05, 4.69) is 120 Å². The third-order valence-corrected chi connectivity index (χ3v) is 7.19. The molecule has 0 unspecified atom stereocenters. The summed E-state index contributed by atoms with van der Waals surface area (Å²) < 4.78 is 10.7. The van der Waals surface area contributed by atoms with Crippen molar-refractivity contribution in [3.05, 3.63) is 170 Å². The van der Waals surface area contributed by atoms with Crippen LogP contribution in [0, 0.1) is 6.92 Å². The smallest absolute Gasteiger partial charge is 0.119 e. The second kappa shape index (κ2) is 13.9. The maximum atomic E-state index is 5.38. The first-order chi connectivity index (χ1) is 21.1. The number of nitrogens with zero attached hydrogens (tertiary/aromatic N) is 2. The van der Waals surface area contributed by atoms with Crippen LogP contribution < -0.4 is 14.5 Å². The van der Waals surface area contributed by atoms with Crippen molar-refractivity contribution >= 4 is 28.4 Å². The molecule has 5 rings (SSSR count). The number of benzene rings is 5. The molecule has 4 heteroatoms. The van der Waals surface area contributed by atoms with Crippen molar-refractivity contribution in [1.29, 1.82) is 0 Å². The Morgan fingerprint density at radius 2 is 1.09 bits per heavy atom. The van der Waals surface area contributed by atoms with E-state index in [4.69, 9.17) is 9.47 Å². The van der Waals surface area contributed by atoms with Crippen LogP contribution in [-0.2, 0) is 4.74 Å². The van der Waals surface area contributed by atoms with E-state index in [1.807, 2.05) is 48.7 Å². The van der Waals surface area contributed by atoms with Gasteiger partial charge in [-0.15, -0.1) is 0 Å². The molecule has 0 N–H and O–H groups in total. The summed E-state index contributed by atoms with van der Waals surface area (Å²) in [6.45, 7) is 5.92. The Bertz CT molecular complexity index is 1670. The topological polar surface area (TPSA) is 24.9 Å². The van der Waals surface area contributed by atoms with Crippen LogP contribution in [-0.4, -0.2) is 14.2 Å². The van der Waals surface area contributed by atoms with E-state index in [1.54, 1.807) is 20.3 Å². The van der Waals surface area contributed by atoms with Crippen molar-refractivity contribution in [3.8, 4) is 16.9 Å². The van der Waals surface area contributed by atoms with Gasteiger partial charge < -0.3 is 19.3 Å². The van der Waals surface area contributed by atoms with E-state index in [0.29, 0.717) is 5.76 Å². The Balaban J connectivity index is 1.50. The van der Waals surface area contributed by atoms with Crippen molar-refractivity contribution in [1.82, 2.24) is 0 Å². The zero-order chi connectivity index (χ0) is 30.0. The van der Waals surface area contributed by atoms with Crippen LogP contribution in [0.25, 0.3) is 11.1 Å². The van der Waals surface area contributed by atoms with Gasteiger partial charge in [-0.2, -0.15) is 0 Å². The second-order valence-corrected chi connectivity index (χ2v) is 9.99. The molecule has 0 amide bonds. The molecule has 0 saturated heterocycles. The highest BCUT2D eigenvalue weighted by atomic mass is 16.5. The summed E-state index contributed by atoms with van der Waals surface area (Å²) in [6, 6.07) is 44.4. The van der Waals surface area contributed by atoms with Crippen molar-refractivity contribution in [2.75, 3.05) is 24.0 Å². The fourth-order valence-corrected chi connectivity index (χ4v) is 4.84. The molecule has 0 heterocycles. The lowest BCUT2D eigenvalue weighted by atomic mass is 10.0. The molecule has 0 aliphatic rings. The average molecular weight is 565 g/mol. The largest absolute Gasteiger partial charge is 0.497 e. The van der Waals surface area contributed by atoms with Crippen LogP contribution in [0.1, 0.15) is 5.56 Å². The number of allylic oxidation sites excluding steroid dienone is 3. The van der Waals surface area contributed by atoms with Crippen molar-refractivity contribution in [2.24, 2.45) is 0 Å². The molecule has 214 valence electrons. The fourth-order valence-electron chi connectivity index (χ4n) is 4.84. The lowest BCUT2D eigenvalue weighted by Gasteiger charge is -2.27. The first kappa shape index (κ1) is 29.0. The molecule has 0 radical (unpaired) electrons. The predicted octanol–water partition coefficient (Wildman–Crippen LogP) is 10.5. The van der Waals surface area contributed by atoms with Crippen LogP contribution in [0.3, 0.4) is 0 Å². The Morgan fingerprint density at radius 1 is 0.605 bits per heavy atom. The number of para-hydroxylation sites is 1. The van der Waals surface area contributed by atoms with Crippen LogP contribution >= 0.6 is 0 Å². The Morgan fingerprint density at radius 3 is 1.63 bits per heavy atom. The van der Waals surface area contributed by atoms with Gasteiger partial charge >= 0.3 is 0 Å². The maximum Gasteiger partial charge on any atom is 0.119 e. The minimum absolute atomic E-state index is 0.688. The molecule has 0 aliphatic heterocycles. The van der Waals surface area contributed by atoms with E-state index in [9.17, 15) is 0 Å². The molecule has 43 heavy (non-hydrogen) atoms. The average Bonchev–Trinajstić information content (AvgIpc) is 3.07. The van der Waals surface area contributed by atoms with Crippen molar-refractivity contribution < 1.29 is 9.47 Å². The quantitative estimate of drug-likeness (QED) is 0.118. The fraction of sp³-hybridized carbons (Fsp3) is 0.0769. The van der Waals surface area contributed by atoms with Gasteiger partial charge in [-0.25, -0.2) is 0 Å². The van der Waals surface area contributed by atoms with Gasteiger partial charge in [0, 0.05) is 34.6 Å². The summed E-state index contributed by atoms with van der Waals surface area (Å²) in [4.78, 5) is 4.40. The normalized spacial score (nSPS) is 11.3. The highest BCUT2D eigenvalue weighted by Crippen LogP contribution is 2.37. The summed E-state index contributed by atoms with van der Waals surface area (Å²) in [6.07, 6.45) is 7.53. The monoisotopic (exact) mass is 564 g/mol. The standard InChI is InChI=1S/C39H36N2O2/c1-5-38(42-3)12-9-29-40(34-25-27-39(43-4)28-26-34)33-21-23-37(24-22-33)41(35-10-7-6-8-11-35)36-19-17-32(18-20-36)31-15-13-30(2)14-16-31/h5-29H,1H2,2-4H3/b29-9+,38-12+. The summed E-state index contributed by atoms with van der Waals surface area (Å²) in [5.41, 5.74) is 8.91. The Kier molecular flexibility index (Phi) is 9.40. The summed E-state index contributed by atoms with van der Waals surface area (Å²) in [5, 5.41) is 0. The highest BCUT2D eigenvalue weighted by Gasteiger charge is 2.14. The first-order valence-electron chi connectivity index (χ1n) is 14.2. The molecular weight excluding hydrogens is 528 g/mol. The Hall–Kier alpha value is -5.48. The van der Waals surface area contributed by atoms with Crippen LogP contribution in [0.2, 0.25) is 0 Å². The first-order valence-corrected chi connectivity index (χ1v) is 14.2. The number of ether oxygens (including phenoxy) is 2. The number of rotatable bonds is 11. The zero-order valence-electron chi connectivity index (χ0n) is 24.9. The van der Waals surface area contributed by atoms with Gasteiger partial charge in [-0.05, 0) is 109 Å². The third-order valence-electron chi connectivity index (χ3n) is 7.19. The van der Waals surface area contributed by atoms with Crippen LogP contribution in [0.4, 0.5) is 28.4 Å². The van der Waals surface area contributed by atoms with Gasteiger partial charge in [0.1, 0.15) is 11.5 Å². The summed E-state index contributed by atoms with van der Waals surface area (Å²) >= 11 is 0. The highest BCUT2D eigenvalue weighted by molar-refractivity contribution is 5.80. The second-order valence-electron chi connectivity index (χ2n) is 9.99. The third kappa shape index (κ3) is 7.06. The van der Waals surface area contributed by atoms with Gasteiger partial charge in [0.25, 0.3) is 0 Å². The minimum atomic E-state index is 0.688. The van der Waals surface area contributed by atoms with Gasteiger partial charge in [0.05, 0.1) is 14.2 Å². The summed E-state index contributed by atoms with van der Waals surface area (Å²) in [5.74, 6) is 1.50. The van der Waals surface area contributed by atoms with E-state index in [1.165, 1.54) is 16.7 Å².